The van der Waals surface area contributed by atoms with Crippen molar-refractivity contribution in [3.8, 4) is 11.1 Å². The monoisotopic (exact) mass is 530 g/mol. The summed E-state index contributed by atoms with van der Waals surface area (Å²) in [6.07, 6.45) is 6.73. The second-order valence-corrected chi connectivity index (χ2v) is 12.3. The summed E-state index contributed by atoms with van der Waals surface area (Å²) in [4.78, 5) is 12.3. The molecule has 0 heterocycles. The van der Waals surface area contributed by atoms with E-state index in [1.54, 1.807) is 26.8 Å². The van der Waals surface area contributed by atoms with Crippen LogP contribution in [0, 0.1) is 25.1 Å². The van der Waals surface area contributed by atoms with Crippen LogP contribution < -0.4 is 0 Å². The molecule has 2 N–H and O–H groups in total. The highest BCUT2D eigenvalue weighted by Crippen LogP contribution is 2.46. The van der Waals surface area contributed by atoms with Crippen LogP contribution in [-0.4, -0.2) is 29.2 Å². The van der Waals surface area contributed by atoms with Crippen molar-refractivity contribution >= 4 is 24.5 Å². The Morgan fingerprint density at radius 3 is 2.11 bits per heavy atom. The van der Waals surface area contributed by atoms with Crippen LogP contribution in [0.3, 0.4) is 0 Å². The minimum Gasteiger partial charge on any atom is -0.400 e. The number of allylic oxidation sites excluding steroid dienone is 2. The molecule has 0 unspecified atom stereocenters. The highest BCUT2D eigenvalue weighted by atomic mass is 32.1. The van der Waals surface area contributed by atoms with Crippen LogP contribution in [0.1, 0.15) is 101 Å². The fraction of sp³-hybridized carbons (Fsp3) is 0.531. The average Bonchev–Trinajstić information content (AvgIpc) is 2.79. The smallest absolute Gasteiger partial charge is 0.131 e. The lowest BCUT2D eigenvalue weighted by Crippen LogP contribution is -2.16. The lowest BCUT2D eigenvalue weighted by molar-refractivity contribution is -0.107. The number of rotatable bonds is 5. The number of hydrogen-bond acceptors (Lipinski definition) is 4. The molecule has 206 valence electrons. The Kier molecular flexibility index (Phi) is 12.3. The zero-order chi connectivity index (χ0) is 28.7. The Bertz CT molecular complexity index is 1100. The Morgan fingerprint density at radius 1 is 1.08 bits per heavy atom. The van der Waals surface area contributed by atoms with E-state index >= 15 is 4.39 Å². The van der Waals surface area contributed by atoms with Crippen molar-refractivity contribution < 1.29 is 19.4 Å². The van der Waals surface area contributed by atoms with Crippen molar-refractivity contribution in [1.29, 1.82) is 0 Å². The molecule has 1 aliphatic carbocycles. The third kappa shape index (κ3) is 8.80. The van der Waals surface area contributed by atoms with Gasteiger partial charge in [-0.25, -0.2) is 4.39 Å². The number of carbonyl (C=O) groups excluding carboxylic acids is 1. The molecular weight excluding hydrogens is 483 g/mol. The van der Waals surface area contributed by atoms with Gasteiger partial charge in [0.25, 0.3) is 0 Å². The molecule has 37 heavy (non-hydrogen) atoms. The summed E-state index contributed by atoms with van der Waals surface area (Å²) in [7, 11) is 1.00. The molecule has 0 radical (unpaired) electrons. The minimum absolute atomic E-state index is 0.191. The molecule has 0 amide bonds. The molecule has 0 saturated heterocycles. The molecule has 0 fully saturated rings. The van der Waals surface area contributed by atoms with E-state index in [1.165, 1.54) is 11.6 Å². The topological polar surface area (TPSA) is 57.5 Å². The van der Waals surface area contributed by atoms with E-state index in [-0.39, 0.29) is 11.7 Å². The summed E-state index contributed by atoms with van der Waals surface area (Å²) in [6, 6.07) is 5.32. The van der Waals surface area contributed by atoms with Gasteiger partial charge in [0.1, 0.15) is 12.1 Å². The highest BCUT2D eigenvalue weighted by molar-refractivity contribution is 7.80. The molecule has 3 rings (SSSR count). The van der Waals surface area contributed by atoms with Gasteiger partial charge in [-0.05, 0) is 105 Å². The van der Waals surface area contributed by atoms with Gasteiger partial charge < -0.3 is 15.0 Å². The first-order valence-electron chi connectivity index (χ1n) is 13.0. The molecule has 2 aromatic carbocycles. The van der Waals surface area contributed by atoms with Crippen molar-refractivity contribution in [1.82, 2.24) is 0 Å². The standard InChI is InChI=1S/C27H33FOS.C4H10O.CH4O/c1-16(2)20-8-7-9-22(28)25(20)24-18(4)23(19-10-13-27(5,6)14-11-19)21(12-15-29)17(3)26(24)30;1-4(2,3)5;1-2/h7-10,15-16,30H,11-14H2,1-6H3;5H,1-3H3;2H,1H3. The van der Waals surface area contributed by atoms with Gasteiger partial charge in [0.05, 0.1) is 5.60 Å². The van der Waals surface area contributed by atoms with Gasteiger partial charge in [0.15, 0.2) is 0 Å². The zero-order valence-electron chi connectivity index (χ0n) is 24.4. The van der Waals surface area contributed by atoms with Crippen molar-refractivity contribution in [2.24, 2.45) is 5.41 Å². The van der Waals surface area contributed by atoms with Crippen LogP contribution in [0.15, 0.2) is 29.2 Å². The summed E-state index contributed by atoms with van der Waals surface area (Å²) in [5.74, 6) is -0.0252. The van der Waals surface area contributed by atoms with Gasteiger partial charge in [-0.3, -0.25) is 0 Å². The molecule has 1 aliphatic rings. The molecule has 0 aromatic heterocycles. The number of benzene rings is 2. The van der Waals surface area contributed by atoms with Crippen molar-refractivity contribution in [3.63, 3.8) is 0 Å². The lowest BCUT2D eigenvalue weighted by atomic mass is 9.74. The second kappa shape index (κ2) is 13.7. The fourth-order valence-electron chi connectivity index (χ4n) is 4.72. The van der Waals surface area contributed by atoms with Crippen molar-refractivity contribution in [3.05, 3.63) is 57.9 Å². The zero-order valence-corrected chi connectivity index (χ0v) is 25.3. The van der Waals surface area contributed by atoms with Crippen molar-refractivity contribution in [2.45, 2.75) is 104 Å². The van der Waals surface area contributed by atoms with E-state index in [0.29, 0.717) is 17.4 Å². The second-order valence-electron chi connectivity index (χ2n) is 11.8. The molecule has 0 bridgehead atoms. The number of aliphatic hydroxyl groups is 2. The molecule has 5 heteroatoms. The first-order valence-corrected chi connectivity index (χ1v) is 13.5. The maximum atomic E-state index is 15.2. The molecule has 0 atom stereocenters. The number of aldehydes is 1. The molecular formula is C32H47FO3S. The van der Waals surface area contributed by atoms with Crippen LogP contribution in [0.5, 0.6) is 0 Å². The summed E-state index contributed by atoms with van der Waals surface area (Å²) in [6.45, 7) is 18.1. The number of halogens is 1. The maximum absolute atomic E-state index is 15.2. The van der Waals surface area contributed by atoms with E-state index in [4.69, 9.17) is 22.8 Å². The van der Waals surface area contributed by atoms with Crippen LogP contribution in [0.2, 0.25) is 0 Å². The van der Waals surface area contributed by atoms with E-state index in [9.17, 15) is 4.79 Å². The van der Waals surface area contributed by atoms with E-state index < -0.39 is 5.60 Å². The first-order chi connectivity index (χ1) is 17.1. The largest absolute Gasteiger partial charge is 0.400 e. The fourth-order valence-corrected chi connectivity index (χ4v) is 5.13. The Balaban J connectivity index is 0.000000874. The van der Waals surface area contributed by atoms with E-state index in [0.717, 1.165) is 70.9 Å². The van der Waals surface area contributed by atoms with Gasteiger partial charge in [-0.2, -0.15) is 0 Å². The van der Waals surface area contributed by atoms with Gasteiger partial charge in [-0.1, -0.05) is 45.9 Å². The van der Waals surface area contributed by atoms with Crippen LogP contribution in [0.4, 0.5) is 4.39 Å². The lowest BCUT2D eigenvalue weighted by Gasteiger charge is -2.31. The highest BCUT2D eigenvalue weighted by Gasteiger charge is 2.28. The van der Waals surface area contributed by atoms with Gasteiger partial charge >= 0.3 is 0 Å². The number of aliphatic hydroxyl groups excluding tert-OH is 1. The van der Waals surface area contributed by atoms with E-state index in [2.05, 4.69) is 40.7 Å². The predicted octanol–water partition coefficient (Wildman–Crippen LogP) is 8.24. The number of thiol groups is 1. The van der Waals surface area contributed by atoms with Crippen molar-refractivity contribution in [2.75, 3.05) is 7.11 Å². The molecule has 0 saturated carbocycles. The molecule has 2 aromatic rings. The van der Waals surface area contributed by atoms with Gasteiger partial charge in [-0.15, -0.1) is 12.6 Å². The Labute approximate surface area is 229 Å². The molecule has 0 spiro atoms. The molecule has 0 aliphatic heterocycles. The first kappa shape index (κ1) is 33.1. The third-order valence-corrected chi connectivity index (χ3v) is 7.15. The predicted molar refractivity (Wildman–Crippen MR) is 158 cm³/mol. The minimum atomic E-state index is -0.500. The average molecular weight is 531 g/mol. The third-order valence-electron chi connectivity index (χ3n) is 6.60. The maximum Gasteiger partial charge on any atom is 0.131 e. The molecule has 3 nitrogen and oxygen atoms in total. The van der Waals surface area contributed by atoms with E-state index in [1.807, 2.05) is 13.0 Å². The Hall–Kier alpha value is -1.95. The van der Waals surface area contributed by atoms with Crippen LogP contribution in [-0.2, 0) is 11.2 Å². The Morgan fingerprint density at radius 2 is 1.65 bits per heavy atom. The normalized spacial score (nSPS) is 14.7. The number of carbonyl (C=O) groups is 1. The summed E-state index contributed by atoms with van der Waals surface area (Å²) < 4.78 is 15.2. The van der Waals surface area contributed by atoms with Gasteiger partial charge in [0.2, 0.25) is 0 Å². The number of hydrogen-bond donors (Lipinski definition) is 3. The van der Waals surface area contributed by atoms with Gasteiger partial charge in [0, 0.05) is 29.6 Å². The summed E-state index contributed by atoms with van der Waals surface area (Å²) in [5.41, 5.74) is 7.74. The van der Waals surface area contributed by atoms with Crippen LogP contribution >= 0.6 is 12.6 Å². The summed E-state index contributed by atoms with van der Waals surface area (Å²) in [5, 5.41) is 15.5. The summed E-state index contributed by atoms with van der Waals surface area (Å²) >= 11 is 4.85. The van der Waals surface area contributed by atoms with Crippen LogP contribution in [0.25, 0.3) is 16.7 Å². The SMILES string of the molecule is CC(C)(C)O.CO.Cc1c(S)c(-c2c(F)cccc2C(C)C)c(C)c(C2=CCC(C)(C)CC2)c1CC=O. The quantitative estimate of drug-likeness (QED) is 0.269.